The van der Waals surface area contributed by atoms with Crippen molar-refractivity contribution >= 4 is 11.6 Å². The van der Waals surface area contributed by atoms with Gasteiger partial charge in [-0.15, -0.1) is 10.2 Å². The van der Waals surface area contributed by atoms with E-state index in [0.29, 0.717) is 11.5 Å². The normalized spacial score (nSPS) is 9.79. The van der Waals surface area contributed by atoms with Crippen LogP contribution in [0.2, 0.25) is 0 Å². The SMILES string of the molecule is Cc1nnc2ccc(C(=O)[O-])nn12.[Na+]. The molecule has 0 aromatic carbocycles. The van der Waals surface area contributed by atoms with Gasteiger partial charge in [0.25, 0.3) is 0 Å². The Hall–Kier alpha value is -0.980. The molecule has 0 N–H and O–H groups in total. The van der Waals surface area contributed by atoms with Crippen LogP contribution in [0.1, 0.15) is 16.3 Å². The van der Waals surface area contributed by atoms with Gasteiger partial charge in [-0.25, -0.2) is 0 Å². The zero-order valence-corrected chi connectivity index (χ0v) is 9.76. The van der Waals surface area contributed by atoms with E-state index >= 15 is 0 Å². The van der Waals surface area contributed by atoms with E-state index < -0.39 is 5.97 Å². The van der Waals surface area contributed by atoms with Gasteiger partial charge in [0.1, 0.15) is 5.69 Å². The first-order chi connectivity index (χ1) is 6.18. The first kappa shape index (κ1) is 11.1. The molecule has 7 heteroatoms. The van der Waals surface area contributed by atoms with E-state index in [1.54, 1.807) is 6.92 Å². The largest absolute Gasteiger partial charge is 1.00 e. The maximum absolute atomic E-state index is 10.5. The van der Waals surface area contributed by atoms with E-state index in [2.05, 4.69) is 15.3 Å². The Balaban J connectivity index is 0.000000980. The van der Waals surface area contributed by atoms with E-state index in [4.69, 9.17) is 0 Å². The predicted octanol–water partition coefficient (Wildman–Crippen LogP) is -4.20. The molecule has 0 bridgehead atoms. The third-order valence-corrected chi connectivity index (χ3v) is 1.63. The van der Waals surface area contributed by atoms with E-state index in [1.807, 2.05) is 0 Å². The summed E-state index contributed by atoms with van der Waals surface area (Å²) in [5, 5.41) is 21.7. The predicted molar refractivity (Wildman–Crippen MR) is 39.8 cm³/mol. The van der Waals surface area contributed by atoms with Gasteiger partial charge in [0.15, 0.2) is 11.5 Å². The molecular weight excluding hydrogens is 195 g/mol. The Morgan fingerprint density at radius 3 is 2.79 bits per heavy atom. The summed E-state index contributed by atoms with van der Waals surface area (Å²) in [7, 11) is 0. The molecule has 0 aliphatic rings. The maximum Gasteiger partial charge on any atom is 1.00 e. The van der Waals surface area contributed by atoms with Gasteiger partial charge >= 0.3 is 29.6 Å². The second kappa shape index (κ2) is 4.04. The van der Waals surface area contributed by atoms with E-state index in [9.17, 15) is 9.90 Å². The van der Waals surface area contributed by atoms with Crippen LogP contribution in [0.3, 0.4) is 0 Å². The summed E-state index contributed by atoms with van der Waals surface area (Å²) in [5.74, 6) is -0.770. The molecule has 2 aromatic rings. The van der Waals surface area contributed by atoms with E-state index in [-0.39, 0.29) is 35.3 Å². The van der Waals surface area contributed by atoms with Crippen molar-refractivity contribution in [1.29, 1.82) is 0 Å². The van der Waals surface area contributed by atoms with Gasteiger partial charge in [-0.05, 0) is 19.1 Å². The van der Waals surface area contributed by atoms with Crippen LogP contribution in [0.5, 0.6) is 0 Å². The molecule has 14 heavy (non-hydrogen) atoms. The van der Waals surface area contributed by atoms with E-state index in [1.165, 1.54) is 16.6 Å². The van der Waals surface area contributed by atoms with Crippen LogP contribution < -0.4 is 34.7 Å². The quantitative estimate of drug-likeness (QED) is 0.436. The first-order valence-corrected chi connectivity index (χ1v) is 3.59. The Bertz CT molecular complexity index is 481. The molecule has 0 aliphatic carbocycles. The minimum Gasteiger partial charge on any atom is -0.543 e. The summed E-state index contributed by atoms with van der Waals surface area (Å²) in [5.41, 5.74) is 0.387. The molecule has 0 saturated heterocycles. The number of nitrogens with zero attached hydrogens (tertiary/aromatic N) is 4. The van der Waals surface area contributed by atoms with Crippen LogP contribution >= 0.6 is 0 Å². The summed E-state index contributed by atoms with van der Waals surface area (Å²) in [6.45, 7) is 1.69. The topological polar surface area (TPSA) is 83.2 Å². The number of carboxylic acids is 1. The number of carboxylic acid groups (broad SMARTS) is 1. The Labute approximate surface area is 101 Å². The number of carbonyl (C=O) groups is 1. The van der Waals surface area contributed by atoms with Crippen LogP contribution in [0, 0.1) is 6.92 Å². The van der Waals surface area contributed by atoms with Crippen molar-refractivity contribution in [2.24, 2.45) is 0 Å². The van der Waals surface area contributed by atoms with Crippen molar-refractivity contribution in [3.05, 3.63) is 23.7 Å². The van der Waals surface area contributed by atoms with Crippen molar-refractivity contribution in [2.75, 3.05) is 0 Å². The molecule has 0 amide bonds. The molecule has 0 unspecified atom stereocenters. The molecule has 66 valence electrons. The average Bonchev–Trinajstić information content (AvgIpc) is 2.47. The number of rotatable bonds is 1. The fourth-order valence-electron chi connectivity index (χ4n) is 1.01. The second-order valence-corrected chi connectivity index (χ2v) is 2.52. The van der Waals surface area contributed by atoms with Crippen LogP contribution in [0.15, 0.2) is 12.1 Å². The van der Waals surface area contributed by atoms with Gasteiger partial charge in [-0.1, -0.05) is 0 Å². The van der Waals surface area contributed by atoms with Crippen molar-refractivity contribution < 1.29 is 39.5 Å². The number of hydrogen-bond acceptors (Lipinski definition) is 5. The minimum absolute atomic E-state index is 0. The molecule has 2 heterocycles. The molecule has 2 aromatic heterocycles. The van der Waals surface area contributed by atoms with Crippen LogP contribution in [-0.2, 0) is 0 Å². The van der Waals surface area contributed by atoms with Gasteiger partial charge < -0.3 is 9.90 Å². The zero-order valence-electron chi connectivity index (χ0n) is 7.76. The van der Waals surface area contributed by atoms with Crippen molar-refractivity contribution in [2.45, 2.75) is 6.92 Å². The van der Waals surface area contributed by atoms with Gasteiger partial charge in [0, 0.05) is 0 Å². The molecule has 0 aliphatic heterocycles. The van der Waals surface area contributed by atoms with Crippen LogP contribution in [0.25, 0.3) is 5.65 Å². The maximum atomic E-state index is 10.5. The third kappa shape index (κ3) is 1.77. The van der Waals surface area contributed by atoms with Gasteiger partial charge in [-0.3, -0.25) is 0 Å². The molecule has 0 spiro atoms. The molecule has 0 radical (unpaired) electrons. The molecule has 0 atom stereocenters. The van der Waals surface area contributed by atoms with E-state index in [0.717, 1.165) is 0 Å². The summed E-state index contributed by atoms with van der Waals surface area (Å²) < 4.78 is 1.35. The number of aromatic carboxylic acids is 1. The number of hydrogen-bond donors (Lipinski definition) is 0. The zero-order chi connectivity index (χ0) is 9.42. The summed E-state index contributed by atoms with van der Waals surface area (Å²) in [6.07, 6.45) is 0. The number of aryl methyl sites for hydroxylation is 1. The fourth-order valence-corrected chi connectivity index (χ4v) is 1.01. The van der Waals surface area contributed by atoms with Crippen LogP contribution in [-0.4, -0.2) is 25.8 Å². The molecule has 6 nitrogen and oxygen atoms in total. The summed E-state index contributed by atoms with van der Waals surface area (Å²) >= 11 is 0. The smallest absolute Gasteiger partial charge is 0.543 e. The number of aromatic nitrogens is 4. The summed E-state index contributed by atoms with van der Waals surface area (Å²) in [4.78, 5) is 10.5. The Morgan fingerprint density at radius 1 is 1.43 bits per heavy atom. The monoisotopic (exact) mass is 200 g/mol. The second-order valence-electron chi connectivity index (χ2n) is 2.52. The van der Waals surface area contributed by atoms with Gasteiger partial charge in [-0.2, -0.15) is 9.61 Å². The Kier molecular flexibility index (Phi) is 3.20. The van der Waals surface area contributed by atoms with Gasteiger partial charge in [0.2, 0.25) is 0 Å². The molecular formula is C7H5N4NaO2. The molecule has 0 fully saturated rings. The standard InChI is InChI=1S/C7H6N4O2.Na/c1-4-8-9-6-3-2-5(7(12)13)10-11(4)6;/h2-3H,1H3,(H,12,13);/q;+1/p-1. The number of carbonyl (C=O) groups excluding carboxylic acids is 1. The molecule has 0 saturated carbocycles. The Morgan fingerprint density at radius 2 is 2.14 bits per heavy atom. The third-order valence-electron chi connectivity index (χ3n) is 1.63. The summed E-state index contributed by atoms with van der Waals surface area (Å²) in [6, 6.07) is 2.86. The molecule has 2 rings (SSSR count). The number of fused-ring (bicyclic) bond motifs is 1. The van der Waals surface area contributed by atoms with Crippen molar-refractivity contribution in [1.82, 2.24) is 19.8 Å². The average molecular weight is 200 g/mol. The fraction of sp³-hybridized carbons (Fsp3) is 0.143. The van der Waals surface area contributed by atoms with Gasteiger partial charge in [0.05, 0.1) is 5.97 Å². The van der Waals surface area contributed by atoms with Crippen LogP contribution in [0.4, 0.5) is 0 Å². The minimum atomic E-state index is -1.31. The van der Waals surface area contributed by atoms with Crippen molar-refractivity contribution in [3.63, 3.8) is 0 Å². The van der Waals surface area contributed by atoms with Crippen molar-refractivity contribution in [3.8, 4) is 0 Å². The first-order valence-electron chi connectivity index (χ1n) is 3.59.